The van der Waals surface area contributed by atoms with E-state index >= 15 is 8.78 Å². The van der Waals surface area contributed by atoms with Gasteiger partial charge in [-0.1, -0.05) is 12.1 Å². The number of carbonyl (C=O) groups is 2. The lowest BCUT2D eigenvalue weighted by Gasteiger charge is -2.27. The van der Waals surface area contributed by atoms with E-state index in [1.165, 1.54) is 18.9 Å². The number of fused-ring (bicyclic) bond motifs is 4. The van der Waals surface area contributed by atoms with Crippen LogP contribution in [0.4, 0.5) is 20.2 Å². The lowest BCUT2D eigenvalue weighted by molar-refractivity contribution is -0.112. The number of benzene rings is 2. The molecule has 0 atom stereocenters. The molecule has 1 amide bonds. The van der Waals surface area contributed by atoms with E-state index < -0.39 is 29.0 Å². The number of pyridine rings is 1. The first-order valence-corrected chi connectivity index (χ1v) is 17.1. The molecule has 51 heavy (non-hydrogen) atoms. The topological polar surface area (TPSA) is 102 Å². The first kappa shape index (κ1) is 34.4. The van der Waals surface area contributed by atoms with E-state index in [4.69, 9.17) is 14.5 Å². The lowest BCUT2D eigenvalue weighted by Crippen LogP contribution is -2.41. The summed E-state index contributed by atoms with van der Waals surface area (Å²) in [5.74, 6) is -1.29. The van der Waals surface area contributed by atoms with Crippen LogP contribution in [0.1, 0.15) is 54.1 Å². The molecule has 0 bridgehead atoms. The molecule has 2 aliphatic rings. The van der Waals surface area contributed by atoms with Gasteiger partial charge in [0.05, 0.1) is 35.1 Å². The van der Waals surface area contributed by atoms with Crippen molar-refractivity contribution >= 4 is 39.6 Å². The molecule has 12 heteroatoms. The van der Waals surface area contributed by atoms with Crippen LogP contribution in [0.3, 0.4) is 0 Å². The molecule has 5 aromatic rings. The molecule has 266 valence electrons. The largest absolute Gasteiger partial charge is 0.496 e. The van der Waals surface area contributed by atoms with Gasteiger partial charge < -0.3 is 34.0 Å². The molecule has 10 nitrogen and oxygen atoms in total. The fourth-order valence-electron chi connectivity index (χ4n) is 7.26. The quantitative estimate of drug-likeness (QED) is 0.121. The highest BCUT2D eigenvalue weighted by molar-refractivity contribution is 6.11. The first-order valence-electron chi connectivity index (χ1n) is 17.1. The summed E-state index contributed by atoms with van der Waals surface area (Å²) in [5.41, 5.74) is 5.39. The molecule has 2 N–H and O–H groups in total. The van der Waals surface area contributed by atoms with Gasteiger partial charge in [-0.2, -0.15) is 0 Å². The number of amides is 1. The summed E-state index contributed by atoms with van der Waals surface area (Å²) in [4.78, 5) is 33.7. The molecule has 7 rings (SSSR count). The second-order valence-corrected chi connectivity index (χ2v) is 14.0. The Morgan fingerprint density at radius 2 is 1.84 bits per heavy atom. The minimum absolute atomic E-state index is 0.0417. The summed E-state index contributed by atoms with van der Waals surface area (Å²) < 4.78 is 45.9. The summed E-state index contributed by atoms with van der Waals surface area (Å²) in [6.07, 6.45) is 7.59. The number of imidazole rings is 1. The van der Waals surface area contributed by atoms with Gasteiger partial charge >= 0.3 is 0 Å². The van der Waals surface area contributed by atoms with E-state index in [0.717, 1.165) is 56.9 Å². The maximum absolute atomic E-state index is 15.4. The molecule has 4 heterocycles. The third kappa shape index (κ3) is 6.16. The van der Waals surface area contributed by atoms with Crippen molar-refractivity contribution in [1.29, 1.82) is 0 Å². The number of hydrogen-bond donors (Lipinski definition) is 2. The Morgan fingerprint density at radius 1 is 1.10 bits per heavy atom. The van der Waals surface area contributed by atoms with Gasteiger partial charge in [0.1, 0.15) is 41.0 Å². The number of ether oxygens (including phenoxy) is 2. The molecule has 0 unspecified atom stereocenters. The standard InChI is InChI=1S/C39H42F2N6O4/c1-39(2,24-11-12-24)42-14-7-10-32(48)44-34-26(40)17-23(18-27(34)41)38(49)29-19-22-13-16-45(3)37-33(25-9-8-15-47(29)36(22)25)30(51-6)20-28-35(37)43-31(21-50-5)46(28)4/h7-10,15,17-20,24,42H,11-14,16,21H2,1-6H3,(H,44,48)/b10-7+. The summed E-state index contributed by atoms with van der Waals surface area (Å²) in [5, 5.41) is 5.68. The van der Waals surface area contributed by atoms with Crippen molar-refractivity contribution in [2.75, 3.05) is 44.6 Å². The molecule has 0 saturated heterocycles. The normalized spacial score (nSPS) is 14.6. The molecule has 2 aromatic carbocycles. The van der Waals surface area contributed by atoms with E-state index in [2.05, 4.69) is 29.4 Å². The zero-order chi connectivity index (χ0) is 36.2. The highest BCUT2D eigenvalue weighted by Gasteiger charge is 2.37. The highest BCUT2D eigenvalue weighted by Crippen LogP contribution is 2.47. The van der Waals surface area contributed by atoms with Crippen LogP contribution in [0.15, 0.2) is 54.7 Å². The fourth-order valence-corrected chi connectivity index (χ4v) is 7.26. The van der Waals surface area contributed by atoms with Gasteiger partial charge in [0.2, 0.25) is 11.7 Å². The summed E-state index contributed by atoms with van der Waals surface area (Å²) >= 11 is 0. The molecular weight excluding hydrogens is 654 g/mol. The number of halogens is 2. The van der Waals surface area contributed by atoms with Gasteiger partial charge in [0.25, 0.3) is 0 Å². The summed E-state index contributed by atoms with van der Waals surface area (Å²) in [6, 6.07) is 9.50. The van der Waals surface area contributed by atoms with Crippen LogP contribution in [-0.2, 0) is 29.6 Å². The number of ketones is 1. The van der Waals surface area contributed by atoms with Gasteiger partial charge in [-0.05, 0) is 68.9 Å². The number of hydrogen-bond acceptors (Lipinski definition) is 7. The number of nitrogens with one attached hydrogen (secondary N) is 2. The molecule has 1 aliphatic heterocycles. The third-order valence-corrected chi connectivity index (χ3v) is 10.3. The van der Waals surface area contributed by atoms with Crippen molar-refractivity contribution in [2.45, 2.75) is 45.3 Å². The average Bonchev–Trinajstić information content (AvgIpc) is 3.85. The number of aromatic nitrogens is 3. The Kier molecular flexibility index (Phi) is 8.92. The van der Waals surface area contributed by atoms with Crippen molar-refractivity contribution in [2.24, 2.45) is 13.0 Å². The Hall–Kier alpha value is -5.07. The van der Waals surface area contributed by atoms with E-state index in [1.807, 2.05) is 36.9 Å². The van der Waals surface area contributed by atoms with Crippen LogP contribution in [-0.4, -0.2) is 65.5 Å². The van der Waals surface area contributed by atoms with Gasteiger partial charge in [-0.15, -0.1) is 0 Å². The van der Waals surface area contributed by atoms with Crippen LogP contribution in [0.25, 0.3) is 27.7 Å². The Bertz CT molecular complexity index is 2210. The number of anilines is 2. The van der Waals surface area contributed by atoms with Crippen molar-refractivity contribution < 1.29 is 27.8 Å². The predicted octanol–water partition coefficient (Wildman–Crippen LogP) is 6.42. The molecular formula is C39H42F2N6O4. The number of carbonyl (C=O) groups excluding carboxylic acids is 2. The summed E-state index contributed by atoms with van der Waals surface area (Å²) in [7, 11) is 7.21. The van der Waals surface area contributed by atoms with E-state index in [-0.39, 0.29) is 16.8 Å². The molecule has 3 aromatic heterocycles. The minimum atomic E-state index is -1.04. The molecule has 1 saturated carbocycles. The van der Waals surface area contributed by atoms with Gasteiger partial charge in [-0.25, -0.2) is 13.8 Å². The molecule has 1 fully saturated rings. The first-order chi connectivity index (χ1) is 24.4. The van der Waals surface area contributed by atoms with Crippen molar-refractivity contribution in [3.05, 3.63) is 89.0 Å². The predicted molar refractivity (Wildman–Crippen MR) is 194 cm³/mol. The van der Waals surface area contributed by atoms with E-state index in [9.17, 15) is 9.59 Å². The van der Waals surface area contributed by atoms with E-state index in [0.29, 0.717) is 37.8 Å². The van der Waals surface area contributed by atoms with Crippen LogP contribution >= 0.6 is 0 Å². The van der Waals surface area contributed by atoms with Gasteiger partial charge in [0, 0.05) is 69.3 Å². The number of methoxy groups -OCH3 is 2. The fraction of sp³-hybridized carbons (Fsp3) is 0.359. The zero-order valence-corrected chi connectivity index (χ0v) is 29.7. The maximum atomic E-state index is 15.4. The van der Waals surface area contributed by atoms with Crippen molar-refractivity contribution in [3.8, 4) is 16.9 Å². The van der Waals surface area contributed by atoms with Crippen molar-refractivity contribution in [1.82, 2.24) is 19.3 Å². The Morgan fingerprint density at radius 3 is 2.53 bits per heavy atom. The highest BCUT2D eigenvalue weighted by atomic mass is 19.1. The van der Waals surface area contributed by atoms with Gasteiger partial charge in [-0.3, -0.25) is 9.59 Å². The smallest absolute Gasteiger partial charge is 0.248 e. The Labute approximate surface area is 295 Å². The number of aryl methyl sites for hydroxylation is 1. The van der Waals surface area contributed by atoms with Crippen molar-refractivity contribution in [3.63, 3.8) is 0 Å². The second-order valence-electron chi connectivity index (χ2n) is 14.0. The summed E-state index contributed by atoms with van der Waals surface area (Å²) in [6.45, 7) is 5.63. The Balaban J connectivity index is 1.22. The average molecular weight is 697 g/mol. The SMILES string of the molecule is COCc1nc2c3c(c(OC)cc2n1C)-c1cccn2c(C(=O)c4cc(F)c(NC(=O)/C=C/CNC(C)(C)C5CC5)c(F)c4)cc(c12)CCN3C. The van der Waals surface area contributed by atoms with Crippen LogP contribution < -0.4 is 20.3 Å². The molecule has 1 aliphatic carbocycles. The monoisotopic (exact) mass is 696 g/mol. The third-order valence-electron chi connectivity index (χ3n) is 10.3. The zero-order valence-electron chi connectivity index (χ0n) is 29.7. The molecule has 0 spiro atoms. The maximum Gasteiger partial charge on any atom is 0.248 e. The van der Waals surface area contributed by atoms with Crippen LogP contribution in [0, 0.1) is 17.6 Å². The lowest BCUT2D eigenvalue weighted by atomic mass is 9.96. The molecule has 0 radical (unpaired) electrons. The number of nitrogens with zero attached hydrogens (tertiary/aromatic N) is 4. The number of likely N-dealkylation sites (N-methyl/N-ethyl adjacent to an activating group) is 1. The van der Waals surface area contributed by atoms with Gasteiger partial charge in [0.15, 0.2) is 0 Å². The second kappa shape index (κ2) is 13.2. The minimum Gasteiger partial charge on any atom is -0.496 e. The number of rotatable bonds is 11. The van der Waals surface area contributed by atoms with E-state index in [1.54, 1.807) is 37.0 Å². The van der Waals surface area contributed by atoms with Crippen LogP contribution in [0.5, 0.6) is 5.75 Å². The van der Waals surface area contributed by atoms with Crippen LogP contribution in [0.2, 0.25) is 0 Å².